The highest BCUT2D eigenvalue weighted by Gasteiger charge is 2.17. The Bertz CT molecular complexity index is 942. The normalized spacial score (nSPS) is 14.6. The molecule has 0 saturated carbocycles. The predicted molar refractivity (Wildman–Crippen MR) is 94.6 cm³/mol. The Morgan fingerprint density at radius 1 is 1.12 bits per heavy atom. The van der Waals surface area contributed by atoms with Gasteiger partial charge in [-0.2, -0.15) is 10.4 Å². The van der Waals surface area contributed by atoms with Crippen molar-refractivity contribution < 1.29 is 0 Å². The fraction of sp³-hybridized carbons (Fsp3) is 0.263. The van der Waals surface area contributed by atoms with Crippen molar-refractivity contribution >= 4 is 11.6 Å². The zero-order valence-corrected chi connectivity index (χ0v) is 13.8. The van der Waals surface area contributed by atoms with E-state index < -0.39 is 0 Å². The van der Waals surface area contributed by atoms with Gasteiger partial charge in [0.15, 0.2) is 5.82 Å². The Labute approximate surface area is 146 Å². The van der Waals surface area contributed by atoms with Crippen LogP contribution in [-0.2, 0) is 13.0 Å². The van der Waals surface area contributed by atoms with Crippen molar-refractivity contribution in [2.45, 2.75) is 32.2 Å². The standard InChI is InChI=1S/C19H18N6/c20-12-16(19-23-22-18-9-5-2-6-10-24(18)19)11-15-13-21-25(14-15)17-7-3-1-4-8-17/h1,3-4,7-8,11,13-14H,2,5-6,9-10H2/b16-11+. The number of nitriles is 1. The zero-order chi connectivity index (χ0) is 17.1. The molecule has 4 rings (SSSR count). The van der Waals surface area contributed by atoms with Gasteiger partial charge in [0.2, 0.25) is 0 Å². The quantitative estimate of drug-likeness (QED) is 0.691. The van der Waals surface area contributed by atoms with Crippen molar-refractivity contribution in [1.29, 1.82) is 5.26 Å². The third-order valence-electron chi connectivity index (χ3n) is 4.41. The van der Waals surface area contributed by atoms with E-state index in [0.29, 0.717) is 11.4 Å². The Kier molecular flexibility index (Phi) is 4.13. The van der Waals surface area contributed by atoms with E-state index in [2.05, 4.69) is 25.9 Å². The average Bonchev–Trinajstić information content (AvgIpc) is 3.21. The molecule has 0 spiro atoms. The van der Waals surface area contributed by atoms with Crippen LogP contribution in [0.5, 0.6) is 0 Å². The lowest BCUT2D eigenvalue weighted by atomic mass is 10.2. The molecule has 3 heterocycles. The molecule has 0 unspecified atom stereocenters. The molecule has 0 radical (unpaired) electrons. The van der Waals surface area contributed by atoms with Gasteiger partial charge in [0, 0.05) is 24.7 Å². The fourth-order valence-electron chi connectivity index (χ4n) is 3.13. The lowest BCUT2D eigenvalue weighted by molar-refractivity contribution is 0.627. The van der Waals surface area contributed by atoms with Crippen molar-refractivity contribution in [3.63, 3.8) is 0 Å². The maximum Gasteiger partial charge on any atom is 0.174 e. The minimum atomic E-state index is 0.522. The van der Waals surface area contributed by atoms with E-state index >= 15 is 0 Å². The van der Waals surface area contributed by atoms with Crippen LogP contribution in [-0.4, -0.2) is 24.5 Å². The summed E-state index contributed by atoms with van der Waals surface area (Å²) < 4.78 is 3.88. The van der Waals surface area contributed by atoms with Gasteiger partial charge in [-0.3, -0.25) is 0 Å². The average molecular weight is 330 g/mol. The van der Waals surface area contributed by atoms with E-state index in [0.717, 1.165) is 42.9 Å². The van der Waals surface area contributed by atoms with Crippen LogP contribution in [0.2, 0.25) is 0 Å². The summed E-state index contributed by atoms with van der Waals surface area (Å²) in [5.41, 5.74) is 2.37. The summed E-state index contributed by atoms with van der Waals surface area (Å²) in [4.78, 5) is 0. The Morgan fingerprint density at radius 3 is 2.84 bits per heavy atom. The topological polar surface area (TPSA) is 72.3 Å². The highest BCUT2D eigenvalue weighted by atomic mass is 15.3. The lowest BCUT2D eigenvalue weighted by Crippen LogP contribution is -2.05. The number of rotatable bonds is 3. The monoisotopic (exact) mass is 330 g/mol. The minimum absolute atomic E-state index is 0.522. The molecule has 25 heavy (non-hydrogen) atoms. The molecule has 0 saturated heterocycles. The van der Waals surface area contributed by atoms with Crippen LogP contribution in [0.3, 0.4) is 0 Å². The number of allylic oxidation sites excluding steroid dienone is 1. The van der Waals surface area contributed by atoms with Gasteiger partial charge in [0.05, 0.1) is 17.5 Å². The Hall–Kier alpha value is -3.20. The molecule has 6 nitrogen and oxygen atoms in total. The van der Waals surface area contributed by atoms with Gasteiger partial charge in [-0.15, -0.1) is 10.2 Å². The number of para-hydroxylation sites is 1. The van der Waals surface area contributed by atoms with E-state index in [1.165, 1.54) is 6.42 Å². The molecule has 124 valence electrons. The molecule has 0 amide bonds. The number of benzene rings is 1. The van der Waals surface area contributed by atoms with Gasteiger partial charge in [-0.05, 0) is 31.1 Å². The molecule has 6 heteroatoms. The maximum atomic E-state index is 9.63. The van der Waals surface area contributed by atoms with Crippen molar-refractivity contribution in [2.75, 3.05) is 0 Å². The van der Waals surface area contributed by atoms with Gasteiger partial charge < -0.3 is 4.57 Å². The van der Waals surface area contributed by atoms with Crippen molar-refractivity contribution in [2.24, 2.45) is 0 Å². The highest BCUT2D eigenvalue weighted by molar-refractivity contribution is 5.87. The van der Waals surface area contributed by atoms with E-state index in [-0.39, 0.29) is 0 Å². The molecule has 1 aliphatic heterocycles. The number of nitrogens with zero attached hydrogens (tertiary/aromatic N) is 6. The molecule has 3 aromatic rings. The zero-order valence-electron chi connectivity index (χ0n) is 13.8. The fourth-order valence-corrected chi connectivity index (χ4v) is 3.13. The number of hydrogen-bond acceptors (Lipinski definition) is 4. The predicted octanol–water partition coefficient (Wildman–Crippen LogP) is 3.25. The third-order valence-corrected chi connectivity index (χ3v) is 4.41. The number of hydrogen-bond donors (Lipinski definition) is 0. The van der Waals surface area contributed by atoms with Gasteiger partial charge >= 0.3 is 0 Å². The second-order valence-electron chi connectivity index (χ2n) is 6.13. The SMILES string of the molecule is N#C/C(=C\c1cnn(-c2ccccc2)c1)c1nnc2n1CCCCC2. The van der Waals surface area contributed by atoms with Gasteiger partial charge in [0.1, 0.15) is 11.9 Å². The molecule has 2 aromatic heterocycles. The van der Waals surface area contributed by atoms with Crippen LogP contribution in [0.1, 0.15) is 36.5 Å². The first kappa shape index (κ1) is 15.3. The Balaban J connectivity index is 1.67. The van der Waals surface area contributed by atoms with Crippen LogP contribution in [0.25, 0.3) is 17.3 Å². The summed E-state index contributed by atoms with van der Waals surface area (Å²) >= 11 is 0. The van der Waals surface area contributed by atoms with Crippen molar-refractivity contribution in [3.8, 4) is 11.8 Å². The van der Waals surface area contributed by atoms with Crippen molar-refractivity contribution in [1.82, 2.24) is 24.5 Å². The number of aryl methyl sites for hydroxylation is 1. The van der Waals surface area contributed by atoms with Crippen LogP contribution >= 0.6 is 0 Å². The van der Waals surface area contributed by atoms with E-state index in [1.807, 2.05) is 42.6 Å². The number of fused-ring (bicyclic) bond motifs is 1. The molecule has 0 fully saturated rings. The summed E-state index contributed by atoms with van der Waals surface area (Å²) in [6.07, 6.45) is 9.84. The molecule has 1 aromatic carbocycles. The van der Waals surface area contributed by atoms with Crippen LogP contribution in [0, 0.1) is 11.3 Å². The first-order valence-electron chi connectivity index (χ1n) is 8.49. The molecule has 0 bridgehead atoms. The molecule has 0 N–H and O–H groups in total. The van der Waals surface area contributed by atoms with Gasteiger partial charge in [0.25, 0.3) is 0 Å². The highest BCUT2D eigenvalue weighted by Crippen LogP contribution is 2.21. The van der Waals surface area contributed by atoms with Crippen LogP contribution in [0.4, 0.5) is 0 Å². The second-order valence-corrected chi connectivity index (χ2v) is 6.13. The molecular formula is C19H18N6. The summed E-state index contributed by atoms with van der Waals surface area (Å²) in [6.45, 7) is 0.875. The van der Waals surface area contributed by atoms with Crippen LogP contribution in [0.15, 0.2) is 42.7 Å². The smallest absolute Gasteiger partial charge is 0.174 e. The summed E-state index contributed by atoms with van der Waals surface area (Å²) in [6, 6.07) is 12.2. The minimum Gasteiger partial charge on any atom is -0.310 e. The molecular weight excluding hydrogens is 312 g/mol. The molecule has 0 atom stereocenters. The maximum absolute atomic E-state index is 9.63. The van der Waals surface area contributed by atoms with E-state index in [9.17, 15) is 5.26 Å². The molecule has 0 aliphatic carbocycles. The third kappa shape index (κ3) is 3.09. The van der Waals surface area contributed by atoms with E-state index in [4.69, 9.17) is 0 Å². The van der Waals surface area contributed by atoms with Gasteiger partial charge in [-0.1, -0.05) is 24.6 Å². The Morgan fingerprint density at radius 2 is 2.00 bits per heavy atom. The van der Waals surface area contributed by atoms with E-state index in [1.54, 1.807) is 10.9 Å². The summed E-state index contributed by atoms with van der Waals surface area (Å²) in [5, 5.41) is 22.6. The first-order valence-corrected chi connectivity index (χ1v) is 8.49. The molecule has 1 aliphatic rings. The second kappa shape index (κ2) is 6.73. The summed E-state index contributed by atoms with van der Waals surface area (Å²) in [7, 11) is 0. The summed E-state index contributed by atoms with van der Waals surface area (Å²) in [5.74, 6) is 1.64. The van der Waals surface area contributed by atoms with Crippen LogP contribution < -0.4 is 0 Å². The largest absolute Gasteiger partial charge is 0.310 e. The number of aromatic nitrogens is 5. The first-order chi connectivity index (χ1) is 12.3. The van der Waals surface area contributed by atoms with Gasteiger partial charge in [-0.25, -0.2) is 4.68 Å². The lowest BCUT2D eigenvalue weighted by Gasteiger charge is -2.05. The van der Waals surface area contributed by atoms with Crippen molar-refractivity contribution in [3.05, 3.63) is 59.9 Å².